The van der Waals surface area contributed by atoms with Crippen LogP contribution < -0.4 is 16.2 Å². The second kappa shape index (κ2) is 8.74. The van der Waals surface area contributed by atoms with E-state index in [4.69, 9.17) is 12.2 Å². The number of nitrogens with one attached hydrogen (secondary N) is 3. The van der Waals surface area contributed by atoms with Crippen molar-refractivity contribution in [1.82, 2.24) is 21.2 Å². The third kappa shape index (κ3) is 5.49. The summed E-state index contributed by atoms with van der Waals surface area (Å²) in [4.78, 5) is 15.6. The summed E-state index contributed by atoms with van der Waals surface area (Å²) in [5, 5.41) is 3.45. The number of aryl methyl sites for hydroxylation is 1. The Hall–Kier alpha value is -2.47. The molecule has 0 unspecified atom stereocenters. The molecule has 0 aliphatic heterocycles. The van der Waals surface area contributed by atoms with Crippen LogP contribution in [0.5, 0.6) is 0 Å². The van der Waals surface area contributed by atoms with Crippen LogP contribution in [-0.4, -0.2) is 22.5 Å². The van der Waals surface area contributed by atoms with Gasteiger partial charge in [-0.05, 0) is 42.8 Å². The molecule has 114 valence electrons. The number of thiocarbonyl (C=S) groups is 1. The van der Waals surface area contributed by atoms with Gasteiger partial charge in [-0.25, -0.2) is 0 Å². The van der Waals surface area contributed by atoms with Gasteiger partial charge in [-0.15, -0.1) is 0 Å². The molecule has 0 saturated heterocycles. The van der Waals surface area contributed by atoms with E-state index in [0.717, 1.165) is 19.4 Å². The third-order valence-corrected chi connectivity index (χ3v) is 3.25. The molecule has 0 spiro atoms. The van der Waals surface area contributed by atoms with Gasteiger partial charge in [0.15, 0.2) is 5.11 Å². The van der Waals surface area contributed by atoms with Crippen molar-refractivity contribution in [1.29, 1.82) is 0 Å². The molecule has 6 heteroatoms. The van der Waals surface area contributed by atoms with Crippen LogP contribution in [0.1, 0.15) is 22.3 Å². The maximum Gasteiger partial charge on any atom is 0.269 e. The fourth-order valence-corrected chi connectivity index (χ4v) is 2.03. The Morgan fingerprint density at radius 3 is 2.50 bits per heavy atom. The lowest BCUT2D eigenvalue weighted by molar-refractivity contribution is 0.0943. The van der Waals surface area contributed by atoms with E-state index in [2.05, 4.69) is 33.3 Å². The lowest BCUT2D eigenvalue weighted by Crippen LogP contribution is -2.47. The van der Waals surface area contributed by atoms with Crippen LogP contribution >= 0.6 is 12.2 Å². The first kappa shape index (κ1) is 15.9. The Kier molecular flexibility index (Phi) is 6.32. The molecule has 0 aliphatic carbocycles. The van der Waals surface area contributed by atoms with Crippen molar-refractivity contribution in [3.8, 4) is 0 Å². The normalized spacial score (nSPS) is 9.82. The standard InChI is InChI=1S/C16H18N4OS/c21-15(14-8-11-17-12-9-14)19-20-16(22)18-10-4-7-13-5-2-1-3-6-13/h1-3,5-6,8-9,11-12H,4,7,10H2,(H,19,21)(H2,18,20,22). The summed E-state index contributed by atoms with van der Waals surface area (Å²) in [6.45, 7) is 0.742. The molecular formula is C16H18N4OS. The van der Waals surface area contributed by atoms with Gasteiger partial charge in [0.2, 0.25) is 0 Å². The van der Waals surface area contributed by atoms with Crippen LogP contribution in [0.4, 0.5) is 0 Å². The minimum Gasteiger partial charge on any atom is -0.361 e. The number of benzene rings is 1. The monoisotopic (exact) mass is 314 g/mol. The average molecular weight is 314 g/mol. The zero-order valence-electron chi connectivity index (χ0n) is 12.1. The van der Waals surface area contributed by atoms with Gasteiger partial charge in [0.05, 0.1) is 0 Å². The Morgan fingerprint density at radius 1 is 1.05 bits per heavy atom. The topological polar surface area (TPSA) is 66.1 Å². The quantitative estimate of drug-likeness (QED) is 0.446. The first-order valence-electron chi connectivity index (χ1n) is 7.04. The molecule has 0 saturated carbocycles. The summed E-state index contributed by atoms with van der Waals surface area (Å²) >= 11 is 5.10. The van der Waals surface area contributed by atoms with Crippen molar-refractivity contribution in [3.63, 3.8) is 0 Å². The first-order chi connectivity index (χ1) is 10.8. The van der Waals surface area contributed by atoms with Gasteiger partial charge in [-0.2, -0.15) is 0 Å². The SMILES string of the molecule is O=C(NNC(=S)NCCCc1ccccc1)c1ccncc1. The van der Waals surface area contributed by atoms with E-state index < -0.39 is 0 Å². The van der Waals surface area contributed by atoms with Gasteiger partial charge in [-0.1, -0.05) is 30.3 Å². The van der Waals surface area contributed by atoms with Crippen molar-refractivity contribution < 1.29 is 4.79 Å². The van der Waals surface area contributed by atoms with Crippen LogP contribution in [0.3, 0.4) is 0 Å². The summed E-state index contributed by atoms with van der Waals surface area (Å²) in [5.74, 6) is -0.254. The van der Waals surface area contributed by atoms with E-state index in [1.807, 2.05) is 18.2 Å². The molecule has 2 aromatic rings. The number of aromatic nitrogens is 1. The van der Waals surface area contributed by atoms with Crippen molar-refractivity contribution >= 4 is 23.2 Å². The number of carbonyl (C=O) groups is 1. The van der Waals surface area contributed by atoms with Gasteiger partial charge >= 0.3 is 0 Å². The minimum atomic E-state index is -0.254. The predicted molar refractivity (Wildman–Crippen MR) is 90.2 cm³/mol. The summed E-state index contributed by atoms with van der Waals surface area (Å²) in [5.41, 5.74) is 7.04. The molecule has 0 atom stereocenters. The highest BCUT2D eigenvalue weighted by atomic mass is 32.1. The molecule has 2 rings (SSSR count). The predicted octanol–water partition coefficient (Wildman–Crippen LogP) is 1.82. The number of hydrogen-bond donors (Lipinski definition) is 3. The number of nitrogens with zero attached hydrogens (tertiary/aromatic N) is 1. The lowest BCUT2D eigenvalue weighted by atomic mass is 10.1. The fraction of sp³-hybridized carbons (Fsp3) is 0.188. The maximum atomic E-state index is 11.8. The van der Waals surface area contributed by atoms with Gasteiger partial charge in [0.1, 0.15) is 0 Å². The van der Waals surface area contributed by atoms with E-state index in [1.165, 1.54) is 5.56 Å². The molecule has 1 amide bonds. The lowest BCUT2D eigenvalue weighted by Gasteiger charge is -2.11. The largest absolute Gasteiger partial charge is 0.361 e. The Bertz CT molecular complexity index is 604. The molecule has 22 heavy (non-hydrogen) atoms. The minimum absolute atomic E-state index is 0.254. The zero-order valence-corrected chi connectivity index (χ0v) is 12.9. The van der Waals surface area contributed by atoms with E-state index in [9.17, 15) is 4.79 Å². The van der Waals surface area contributed by atoms with Gasteiger partial charge in [0.25, 0.3) is 5.91 Å². The average Bonchev–Trinajstić information content (AvgIpc) is 2.58. The number of hydrazine groups is 1. The van der Waals surface area contributed by atoms with E-state index in [0.29, 0.717) is 10.7 Å². The Morgan fingerprint density at radius 2 is 1.77 bits per heavy atom. The number of hydrogen-bond acceptors (Lipinski definition) is 3. The molecule has 0 bridgehead atoms. The molecule has 1 aromatic carbocycles. The van der Waals surface area contributed by atoms with E-state index >= 15 is 0 Å². The highest BCUT2D eigenvalue weighted by Gasteiger charge is 2.04. The van der Waals surface area contributed by atoms with Crippen LogP contribution in [0.2, 0.25) is 0 Å². The van der Waals surface area contributed by atoms with Crippen LogP contribution in [0, 0.1) is 0 Å². The van der Waals surface area contributed by atoms with Crippen molar-refractivity contribution in [3.05, 3.63) is 66.0 Å². The second-order valence-corrected chi connectivity index (χ2v) is 5.07. The smallest absolute Gasteiger partial charge is 0.269 e. The molecular weight excluding hydrogens is 296 g/mol. The number of amides is 1. The maximum absolute atomic E-state index is 11.8. The molecule has 3 N–H and O–H groups in total. The highest BCUT2D eigenvalue weighted by Crippen LogP contribution is 2.01. The second-order valence-electron chi connectivity index (χ2n) is 4.66. The summed E-state index contributed by atoms with van der Waals surface area (Å²) in [6, 6.07) is 13.5. The fourth-order valence-electron chi connectivity index (χ4n) is 1.87. The van der Waals surface area contributed by atoms with Crippen LogP contribution in [0.15, 0.2) is 54.9 Å². The summed E-state index contributed by atoms with van der Waals surface area (Å²) < 4.78 is 0. The first-order valence-corrected chi connectivity index (χ1v) is 7.44. The highest BCUT2D eigenvalue weighted by molar-refractivity contribution is 7.80. The molecule has 1 heterocycles. The van der Waals surface area contributed by atoms with Crippen LogP contribution in [0.25, 0.3) is 0 Å². The summed E-state index contributed by atoms with van der Waals surface area (Å²) in [6.07, 6.45) is 5.08. The zero-order chi connectivity index (χ0) is 15.6. The van der Waals surface area contributed by atoms with E-state index in [1.54, 1.807) is 24.5 Å². The third-order valence-electron chi connectivity index (χ3n) is 3.00. The van der Waals surface area contributed by atoms with E-state index in [-0.39, 0.29) is 5.91 Å². The van der Waals surface area contributed by atoms with Gasteiger partial charge < -0.3 is 5.32 Å². The van der Waals surface area contributed by atoms with Crippen LogP contribution in [-0.2, 0) is 6.42 Å². The van der Waals surface area contributed by atoms with Crippen molar-refractivity contribution in [2.75, 3.05) is 6.54 Å². The number of rotatable bonds is 5. The van der Waals surface area contributed by atoms with Crippen molar-refractivity contribution in [2.45, 2.75) is 12.8 Å². The molecule has 5 nitrogen and oxygen atoms in total. The molecule has 0 aliphatic rings. The Labute approximate surface area is 135 Å². The number of carbonyl (C=O) groups excluding carboxylic acids is 1. The van der Waals surface area contributed by atoms with Gasteiger partial charge in [0, 0.05) is 24.5 Å². The van der Waals surface area contributed by atoms with Gasteiger partial charge in [-0.3, -0.25) is 20.6 Å². The molecule has 0 fully saturated rings. The molecule has 1 aromatic heterocycles. The number of pyridine rings is 1. The van der Waals surface area contributed by atoms with Crippen molar-refractivity contribution in [2.24, 2.45) is 0 Å². The summed E-state index contributed by atoms with van der Waals surface area (Å²) in [7, 11) is 0. The molecule has 0 radical (unpaired) electrons. The Balaban J connectivity index is 1.61.